The van der Waals surface area contributed by atoms with Crippen LogP contribution in [0.5, 0.6) is 5.75 Å². The minimum Gasteiger partial charge on any atom is -0.497 e. The third-order valence-electron chi connectivity index (χ3n) is 6.29. The van der Waals surface area contributed by atoms with Crippen molar-refractivity contribution in [3.63, 3.8) is 0 Å². The van der Waals surface area contributed by atoms with Gasteiger partial charge in [0.05, 0.1) is 13.2 Å². The number of anilines is 1. The number of carbonyl (C=O) groups excluding carboxylic acids is 2. The minimum atomic E-state index is -0.683. The lowest BCUT2D eigenvalue weighted by molar-refractivity contribution is -0.139. The minimum absolute atomic E-state index is 0.132. The molecule has 1 aliphatic heterocycles. The van der Waals surface area contributed by atoms with Gasteiger partial charge in [0.1, 0.15) is 11.6 Å². The normalized spacial score (nSPS) is 14.7. The number of piperazine rings is 1. The molecule has 4 rings (SSSR count). The van der Waals surface area contributed by atoms with Crippen molar-refractivity contribution in [3.05, 3.63) is 90.0 Å². The maximum Gasteiger partial charge on any atom is 0.309 e. The Morgan fingerprint density at radius 3 is 2.31 bits per heavy atom. The van der Waals surface area contributed by atoms with E-state index in [0.29, 0.717) is 0 Å². The van der Waals surface area contributed by atoms with Crippen LogP contribution >= 0.6 is 0 Å². The molecule has 0 bridgehead atoms. The van der Waals surface area contributed by atoms with Crippen molar-refractivity contribution in [1.29, 1.82) is 0 Å². The number of ether oxygens (including phenoxy) is 1. The summed E-state index contributed by atoms with van der Waals surface area (Å²) in [6.07, 6.45) is 3.49. The average Bonchev–Trinajstić information content (AvgIpc) is 2.93. The van der Waals surface area contributed by atoms with Crippen molar-refractivity contribution in [2.75, 3.05) is 44.7 Å². The van der Waals surface area contributed by atoms with Gasteiger partial charge in [-0.25, -0.2) is 4.39 Å². The molecular weight excluding hydrogens is 461 g/mol. The number of methoxy groups -OCH3 is 1. The molecule has 0 spiro atoms. The summed E-state index contributed by atoms with van der Waals surface area (Å²) in [5.41, 5.74) is 2.81. The zero-order chi connectivity index (χ0) is 25.3. The zero-order valence-corrected chi connectivity index (χ0v) is 20.2. The number of amides is 2. The van der Waals surface area contributed by atoms with Crippen molar-refractivity contribution in [2.45, 2.75) is 12.6 Å². The van der Waals surface area contributed by atoms with Gasteiger partial charge in [0.15, 0.2) is 0 Å². The number of nitrogens with one attached hydrogen (secondary N) is 2. The molecule has 1 fully saturated rings. The molecule has 1 aliphatic rings. The van der Waals surface area contributed by atoms with Gasteiger partial charge in [-0.3, -0.25) is 19.5 Å². The first kappa shape index (κ1) is 25.1. The second kappa shape index (κ2) is 12.1. The molecule has 3 aromatic rings. The molecule has 188 valence electrons. The van der Waals surface area contributed by atoms with Gasteiger partial charge in [-0.1, -0.05) is 18.2 Å². The van der Waals surface area contributed by atoms with Crippen LogP contribution in [0, 0.1) is 5.82 Å². The lowest BCUT2D eigenvalue weighted by Gasteiger charge is -2.40. The van der Waals surface area contributed by atoms with E-state index in [1.165, 1.54) is 12.1 Å². The standard InChI is InChI=1S/C27H30FN5O3/c1-36-24-10-4-20(5-11-24)17-30-26(34)27(35)31-19-25(21-3-2-12-29-18-21)33-15-13-32(14-16-33)23-8-6-22(28)7-9-23/h2-12,18,25H,13-17,19H2,1H3,(H,30,34)(H,31,35). The first-order valence-electron chi connectivity index (χ1n) is 11.9. The fourth-order valence-corrected chi connectivity index (χ4v) is 4.25. The van der Waals surface area contributed by atoms with E-state index < -0.39 is 11.8 Å². The first-order valence-corrected chi connectivity index (χ1v) is 11.9. The summed E-state index contributed by atoms with van der Waals surface area (Å²) >= 11 is 0. The highest BCUT2D eigenvalue weighted by molar-refractivity contribution is 6.35. The van der Waals surface area contributed by atoms with Gasteiger partial charge in [-0.2, -0.15) is 0 Å². The molecule has 8 nitrogen and oxygen atoms in total. The smallest absolute Gasteiger partial charge is 0.309 e. The van der Waals surface area contributed by atoms with E-state index in [4.69, 9.17) is 4.74 Å². The van der Waals surface area contributed by atoms with E-state index >= 15 is 0 Å². The van der Waals surface area contributed by atoms with Crippen LogP contribution in [0.1, 0.15) is 17.2 Å². The number of carbonyl (C=O) groups is 2. The van der Waals surface area contributed by atoms with E-state index in [2.05, 4.69) is 25.4 Å². The third kappa shape index (κ3) is 6.57. The fraction of sp³-hybridized carbons (Fsp3) is 0.296. The Morgan fingerprint density at radius 1 is 0.972 bits per heavy atom. The predicted molar refractivity (Wildman–Crippen MR) is 135 cm³/mol. The van der Waals surface area contributed by atoms with Crippen LogP contribution in [0.2, 0.25) is 0 Å². The largest absolute Gasteiger partial charge is 0.497 e. The Kier molecular flexibility index (Phi) is 8.46. The molecule has 9 heteroatoms. The Morgan fingerprint density at radius 2 is 1.67 bits per heavy atom. The van der Waals surface area contributed by atoms with Gasteiger partial charge in [0.2, 0.25) is 0 Å². The topological polar surface area (TPSA) is 86.8 Å². The molecule has 1 unspecified atom stereocenters. The number of pyridine rings is 1. The summed E-state index contributed by atoms with van der Waals surface area (Å²) in [5.74, 6) is -0.889. The molecule has 2 heterocycles. The van der Waals surface area contributed by atoms with Crippen LogP contribution in [-0.4, -0.2) is 61.5 Å². The van der Waals surface area contributed by atoms with E-state index in [0.717, 1.165) is 48.7 Å². The number of rotatable bonds is 8. The van der Waals surface area contributed by atoms with Gasteiger partial charge in [-0.05, 0) is 53.6 Å². The van der Waals surface area contributed by atoms with Crippen molar-refractivity contribution in [3.8, 4) is 5.75 Å². The van der Waals surface area contributed by atoms with Crippen LogP contribution in [0.15, 0.2) is 73.1 Å². The number of halogens is 1. The molecule has 2 amide bonds. The fourth-order valence-electron chi connectivity index (χ4n) is 4.25. The second-order valence-electron chi connectivity index (χ2n) is 8.54. The first-order chi connectivity index (χ1) is 17.5. The highest BCUT2D eigenvalue weighted by atomic mass is 19.1. The van der Waals surface area contributed by atoms with Gasteiger partial charge in [-0.15, -0.1) is 0 Å². The van der Waals surface area contributed by atoms with Crippen LogP contribution < -0.4 is 20.3 Å². The molecule has 0 saturated carbocycles. The Bertz CT molecular complexity index is 1130. The molecule has 2 N–H and O–H groups in total. The average molecular weight is 492 g/mol. The van der Waals surface area contributed by atoms with E-state index in [9.17, 15) is 14.0 Å². The monoisotopic (exact) mass is 491 g/mol. The number of hydrogen-bond donors (Lipinski definition) is 2. The summed E-state index contributed by atoms with van der Waals surface area (Å²) in [5, 5.41) is 5.44. The summed E-state index contributed by atoms with van der Waals surface area (Å²) in [6, 6.07) is 17.5. The predicted octanol–water partition coefficient (Wildman–Crippen LogP) is 2.53. The van der Waals surface area contributed by atoms with Gasteiger partial charge >= 0.3 is 11.8 Å². The van der Waals surface area contributed by atoms with Gasteiger partial charge < -0.3 is 20.3 Å². The number of benzene rings is 2. The third-order valence-corrected chi connectivity index (χ3v) is 6.29. The van der Waals surface area contributed by atoms with Crippen LogP contribution in [0.4, 0.5) is 10.1 Å². The number of aromatic nitrogens is 1. The number of hydrogen-bond acceptors (Lipinski definition) is 6. The van der Waals surface area contributed by atoms with Gasteiger partial charge in [0.25, 0.3) is 0 Å². The quantitative estimate of drug-likeness (QED) is 0.471. The van der Waals surface area contributed by atoms with E-state index in [-0.39, 0.29) is 24.9 Å². The van der Waals surface area contributed by atoms with Crippen LogP contribution in [0.3, 0.4) is 0 Å². The van der Waals surface area contributed by atoms with Crippen molar-refractivity contribution >= 4 is 17.5 Å². The zero-order valence-electron chi connectivity index (χ0n) is 20.2. The Labute approximate surface area is 210 Å². The van der Waals surface area contributed by atoms with Crippen molar-refractivity contribution in [1.82, 2.24) is 20.5 Å². The SMILES string of the molecule is COc1ccc(CNC(=O)C(=O)NCC(c2cccnc2)N2CCN(c3ccc(F)cc3)CC2)cc1. The van der Waals surface area contributed by atoms with Crippen molar-refractivity contribution < 1.29 is 18.7 Å². The Hall–Kier alpha value is -3.98. The Balaban J connectivity index is 1.33. The highest BCUT2D eigenvalue weighted by Crippen LogP contribution is 2.24. The highest BCUT2D eigenvalue weighted by Gasteiger charge is 2.26. The van der Waals surface area contributed by atoms with Crippen molar-refractivity contribution in [2.24, 2.45) is 0 Å². The molecule has 1 aromatic heterocycles. The maximum atomic E-state index is 13.3. The maximum absolute atomic E-state index is 13.3. The summed E-state index contributed by atoms with van der Waals surface area (Å²) in [4.78, 5) is 33.6. The molecule has 1 saturated heterocycles. The lowest BCUT2D eigenvalue weighted by Crippen LogP contribution is -2.50. The lowest BCUT2D eigenvalue weighted by atomic mass is 10.1. The van der Waals surface area contributed by atoms with E-state index in [1.54, 1.807) is 43.8 Å². The molecule has 36 heavy (non-hydrogen) atoms. The summed E-state index contributed by atoms with van der Waals surface area (Å²) in [7, 11) is 1.59. The van der Waals surface area contributed by atoms with Crippen LogP contribution in [-0.2, 0) is 16.1 Å². The molecule has 0 aliphatic carbocycles. The van der Waals surface area contributed by atoms with Crippen LogP contribution in [0.25, 0.3) is 0 Å². The number of nitrogens with zero attached hydrogens (tertiary/aromatic N) is 3. The molecular formula is C27H30FN5O3. The summed E-state index contributed by atoms with van der Waals surface area (Å²) in [6.45, 7) is 3.54. The molecule has 2 aromatic carbocycles. The molecule has 1 atom stereocenters. The molecule has 0 radical (unpaired) electrons. The van der Waals surface area contributed by atoms with E-state index in [1.807, 2.05) is 24.3 Å². The second-order valence-corrected chi connectivity index (χ2v) is 8.54. The summed E-state index contributed by atoms with van der Waals surface area (Å²) < 4.78 is 18.4. The van der Waals surface area contributed by atoms with Gasteiger partial charge in [0, 0.05) is 57.3 Å².